The van der Waals surface area contributed by atoms with Crippen molar-refractivity contribution in [3.63, 3.8) is 0 Å². The van der Waals surface area contributed by atoms with Crippen molar-refractivity contribution < 1.29 is 8.42 Å². The molecule has 1 N–H and O–H groups in total. The second-order valence-corrected chi connectivity index (χ2v) is 7.73. The van der Waals surface area contributed by atoms with Crippen LogP contribution in [0.15, 0.2) is 52.8 Å². The lowest BCUT2D eigenvalue weighted by molar-refractivity contribution is 0.609. The van der Waals surface area contributed by atoms with E-state index >= 15 is 0 Å². The summed E-state index contributed by atoms with van der Waals surface area (Å²) < 4.78 is 27.0. The molecule has 0 unspecified atom stereocenters. The van der Waals surface area contributed by atoms with E-state index in [1.54, 1.807) is 36.4 Å². The molecule has 4 nitrogen and oxygen atoms in total. The number of thiocyanates is 1. The fourth-order valence-electron chi connectivity index (χ4n) is 2.01. The Morgan fingerprint density at radius 3 is 2.58 bits per heavy atom. The van der Waals surface area contributed by atoms with E-state index in [2.05, 4.69) is 4.72 Å². The lowest BCUT2D eigenvalue weighted by Gasteiger charge is -2.10. The lowest BCUT2D eigenvalue weighted by atomic mass is 10.1. The minimum atomic E-state index is -3.64. The highest BCUT2D eigenvalue weighted by molar-refractivity contribution is 8.03. The number of anilines is 1. The van der Waals surface area contributed by atoms with Gasteiger partial charge in [-0.2, -0.15) is 5.26 Å². The minimum absolute atomic E-state index is 0.514. The fraction of sp³-hybridized carbons (Fsp3) is 0.118. The number of nitrogens with zero attached hydrogens (tertiary/aromatic N) is 1. The topological polar surface area (TPSA) is 70.0 Å². The van der Waals surface area contributed by atoms with Gasteiger partial charge in [0, 0.05) is 9.92 Å². The summed E-state index contributed by atoms with van der Waals surface area (Å²) in [6.45, 7) is 1.93. The van der Waals surface area contributed by atoms with Crippen LogP contribution in [0.2, 0.25) is 5.02 Å². The molecule has 2 rings (SSSR count). The predicted molar refractivity (Wildman–Crippen MR) is 100 cm³/mol. The maximum Gasteiger partial charge on any atom is 0.255 e. The number of benzene rings is 2. The van der Waals surface area contributed by atoms with Crippen LogP contribution in [0.4, 0.5) is 5.69 Å². The van der Waals surface area contributed by atoms with Gasteiger partial charge in [-0.1, -0.05) is 30.7 Å². The first kappa shape index (κ1) is 18.4. The molecule has 0 amide bonds. The molecule has 0 fully saturated rings. The number of hydrogen-bond acceptors (Lipinski definition) is 4. The predicted octanol–water partition coefficient (Wildman–Crippen LogP) is 4.89. The zero-order chi connectivity index (χ0) is 17.6. The Morgan fingerprint density at radius 1 is 1.25 bits per heavy atom. The van der Waals surface area contributed by atoms with E-state index in [-0.39, 0.29) is 0 Å². The van der Waals surface area contributed by atoms with Crippen molar-refractivity contribution in [2.45, 2.75) is 18.2 Å². The number of nitriles is 1. The van der Waals surface area contributed by atoms with E-state index in [1.165, 1.54) is 6.08 Å². The Bertz CT molecular complexity index is 886. The summed E-state index contributed by atoms with van der Waals surface area (Å²) in [5.74, 6) is 0. The van der Waals surface area contributed by atoms with Crippen LogP contribution in [0.5, 0.6) is 0 Å². The molecule has 0 bridgehead atoms. The van der Waals surface area contributed by atoms with Crippen molar-refractivity contribution >= 4 is 45.1 Å². The smallest absolute Gasteiger partial charge is 0.255 e. The highest BCUT2D eigenvalue weighted by Crippen LogP contribution is 2.25. The summed E-state index contributed by atoms with van der Waals surface area (Å²) in [6.07, 6.45) is 2.16. The van der Waals surface area contributed by atoms with Crippen LogP contribution < -0.4 is 4.72 Å². The second kappa shape index (κ2) is 8.25. The summed E-state index contributed by atoms with van der Waals surface area (Å²) in [4.78, 5) is 0.786. The SMILES string of the molecule is CCc1cc(SC#N)ccc1NS(=O)(=O)/C=C/c1ccc(Cl)cc1. The molecule has 0 aliphatic rings. The molecule has 0 aromatic heterocycles. The van der Waals surface area contributed by atoms with Crippen molar-refractivity contribution in [1.82, 2.24) is 0 Å². The molecule has 7 heteroatoms. The van der Waals surface area contributed by atoms with Crippen LogP contribution in [0, 0.1) is 10.7 Å². The Kier molecular flexibility index (Phi) is 6.32. The normalized spacial score (nSPS) is 11.4. The van der Waals surface area contributed by atoms with Crippen molar-refractivity contribution in [3.05, 3.63) is 64.0 Å². The van der Waals surface area contributed by atoms with Gasteiger partial charge in [-0.3, -0.25) is 4.72 Å². The van der Waals surface area contributed by atoms with E-state index in [1.807, 2.05) is 18.4 Å². The molecule has 0 atom stereocenters. The molecular weight excluding hydrogens is 364 g/mol. The molecule has 0 saturated carbocycles. The molecule has 0 aliphatic heterocycles. The number of halogens is 1. The molecule has 124 valence electrons. The molecule has 0 spiro atoms. The van der Waals surface area contributed by atoms with Crippen molar-refractivity contribution in [2.75, 3.05) is 4.72 Å². The van der Waals surface area contributed by atoms with Gasteiger partial charge in [0.15, 0.2) is 0 Å². The van der Waals surface area contributed by atoms with Gasteiger partial charge in [0.2, 0.25) is 0 Å². The zero-order valence-corrected chi connectivity index (χ0v) is 15.3. The van der Waals surface area contributed by atoms with Crippen LogP contribution in [-0.2, 0) is 16.4 Å². The van der Waals surface area contributed by atoms with Crippen molar-refractivity contribution in [3.8, 4) is 5.40 Å². The standard InChI is InChI=1S/C17H15ClN2O2S2/c1-2-14-11-16(23-12-19)7-8-17(14)20-24(21,22)10-9-13-3-5-15(18)6-4-13/h3-11,20H,2H2,1H3/b10-9+. The number of hydrogen-bond donors (Lipinski definition) is 1. The monoisotopic (exact) mass is 378 g/mol. The van der Waals surface area contributed by atoms with Gasteiger partial charge in [0.25, 0.3) is 10.0 Å². The van der Waals surface area contributed by atoms with E-state index in [0.29, 0.717) is 17.1 Å². The van der Waals surface area contributed by atoms with Gasteiger partial charge in [-0.25, -0.2) is 8.42 Å². The Hall–Kier alpha value is -1.94. The third-order valence-electron chi connectivity index (χ3n) is 3.18. The number of rotatable bonds is 6. The zero-order valence-electron chi connectivity index (χ0n) is 12.9. The second-order valence-electron chi connectivity index (χ2n) is 4.87. The van der Waals surface area contributed by atoms with E-state index in [4.69, 9.17) is 16.9 Å². The maximum absolute atomic E-state index is 12.2. The summed E-state index contributed by atoms with van der Waals surface area (Å²) in [5.41, 5.74) is 2.08. The first-order valence-corrected chi connectivity index (χ1v) is 9.83. The maximum atomic E-state index is 12.2. The molecule has 0 saturated heterocycles. The van der Waals surface area contributed by atoms with E-state index < -0.39 is 10.0 Å². The summed E-state index contributed by atoms with van der Waals surface area (Å²) in [6, 6.07) is 12.1. The molecule has 0 heterocycles. The summed E-state index contributed by atoms with van der Waals surface area (Å²) in [5, 5.41) is 12.4. The summed E-state index contributed by atoms with van der Waals surface area (Å²) >= 11 is 6.84. The average molecular weight is 379 g/mol. The molecule has 2 aromatic carbocycles. The van der Waals surface area contributed by atoms with Crippen molar-refractivity contribution in [1.29, 1.82) is 5.26 Å². The number of thioether (sulfide) groups is 1. The Morgan fingerprint density at radius 2 is 1.96 bits per heavy atom. The van der Waals surface area contributed by atoms with Crippen LogP contribution in [0.1, 0.15) is 18.1 Å². The van der Waals surface area contributed by atoms with Gasteiger partial charge in [-0.15, -0.1) is 0 Å². The van der Waals surface area contributed by atoms with E-state index in [0.717, 1.165) is 33.2 Å². The lowest BCUT2D eigenvalue weighted by Crippen LogP contribution is -2.10. The Balaban J connectivity index is 2.19. The molecule has 2 aromatic rings. The van der Waals surface area contributed by atoms with Gasteiger partial charge in [0.1, 0.15) is 5.40 Å². The third kappa shape index (κ3) is 5.31. The third-order valence-corrected chi connectivity index (χ3v) is 5.01. The van der Waals surface area contributed by atoms with Crippen molar-refractivity contribution in [2.24, 2.45) is 0 Å². The number of nitrogens with one attached hydrogen (secondary N) is 1. The molecule has 0 aliphatic carbocycles. The highest BCUT2D eigenvalue weighted by Gasteiger charge is 2.10. The first-order chi connectivity index (χ1) is 11.4. The van der Waals surface area contributed by atoms with Gasteiger partial charge in [0.05, 0.1) is 11.1 Å². The Labute approximate surface area is 151 Å². The quantitative estimate of drug-likeness (QED) is 0.574. The van der Waals surface area contributed by atoms with Crippen LogP contribution in [0.3, 0.4) is 0 Å². The first-order valence-electron chi connectivity index (χ1n) is 7.09. The van der Waals surface area contributed by atoms with Gasteiger partial charge >= 0.3 is 0 Å². The number of aryl methyl sites for hydroxylation is 1. The van der Waals surface area contributed by atoms with Gasteiger partial charge in [-0.05, 0) is 65.7 Å². The molecule has 24 heavy (non-hydrogen) atoms. The van der Waals surface area contributed by atoms with Crippen LogP contribution in [0.25, 0.3) is 6.08 Å². The van der Waals surface area contributed by atoms with Crippen LogP contribution in [-0.4, -0.2) is 8.42 Å². The summed E-state index contributed by atoms with van der Waals surface area (Å²) in [7, 11) is -3.64. The fourth-order valence-corrected chi connectivity index (χ4v) is 3.49. The van der Waals surface area contributed by atoms with Gasteiger partial charge < -0.3 is 0 Å². The molecule has 0 radical (unpaired) electrons. The van der Waals surface area contributed by atoms with E-state index in [9.17, 15) is 8.42 Å². The van der Waals surface area contributed by atoms with Crippen LogP contribution >= 0.6 is 23.4 Å². The molecular formula is C17H15ClN2O2S2. The number of sulfonamides is 1. The average Bonchev–Trinajstić information content (AvgIpc) is 2.56. The minimum Gasteiger partial charge on any atom is -0.280 e. The largest absolute Gasteiger partial charge is 0.280 e. The highest BCUT2D eigenvalue weighted by atomic mass is 35.5.